The molecule has 0 aromatic heterocycles. The van der Waals surface area contributed by atoms with Gasteiger partial charge in [0, 0.05) is 11.9 Å². The topological polar surface area (TPSA) is 9.23 Å². The molecule has 1 nitrogen and oxygen atoms in total. The molecule has 0 heterocycles. The number of hydrogen-bond donors (Lipinski definition) is 0. The van der Waals surface area contributed by atoms with Gasteiger partial charge in [-0.3, -0.25) is 0 Å². The van der Waals surface area contributed by atoms with Gasteiger partial charge in [0.25, 0.3) is 0 Å². The maximum absolute atomic E-state index is 6.28. The van der Waals surface area contributed by atoms with E-state index >= 15 is 0 Å². The summed E-state index contributed by atoms with van der Waals surface area (Å²) in [6, 6.07) is 0. The zero-order chi connectivity index (χ0) is 14.0. The van der Waals surface area contributed by atoms with Crippen molar-refractivity contribution in [3.8, 4) is 0 Å². The average molecular weight is 333 g/mol. The molecule has 0 radical (unpaired) electrons. The highest BCUT2D eigenvalue weighted by Crippen LogP contribution is 2.38. The molecule has 0 saturated heterocycles. The van der Waals surface area contributed by atoms with Crippen LogP contribution in [-0.4, -0.2) is 17.5 Å². The van der Waals surface area contributed by atoms with Crippen molar-refractivity contribution in [3.05, 3.63) is 0 Å². The molecule has 0 unspecified atom stereocenters. The van der Waals surface area contributed by atoms with Gasteiger partial charge in [-0.2, -0.15) is 0 Å². The normalized spacial score (nSPS) is 27.6. The lowest BCUT2D eigenvalue weighted by molar-refractivity contribution is -0.0617. The molecule has 0 atom stereocenters. The number of unbranched alkanes of at least 4 members (excludes halogenated alkanes) is 4. The van der Waals surface area contributed by atoms with E-state index in [1.165, 1.54) is 70.6 Å². The second-order valence-electron chi connectivity index (χ2n) is 6.31. The summed E-state index contributed by atoms with van der Waals surface area (Å²) in [6.45, 7) is 5.54. The van der Waals surface area contributed by atoms with Gasteiger partial charge in [-0.25, -0.2) is 0 Å². The average Bonchev–Trinajstić information content (AvgIpc) is 2.45. The fourth-order valence-electron chi connectivity index (χ4n) is 3.21. The lowest BCUT2D eigenvalue weighted by Gasteiger charge is -2.39. The molecular formula is C17H33BrO. The lowest BCUT2D eigenvalue weighted by Crippen LogP contribution is -2.39. The minimum Gasteiger partial charge on any atom is -0.374 e. The van der Waals surface area contributed by atoms with Crippen LogP contribution >= 0.6 is 15.9 Å². The molecule has 0 bridgehead atoms. The van der Waals surface area contributed by atoms with Crippen molar-refractivity contribution >= 4 is 15.9 Å². The first kappa shape index (κ1) is 17.5. The molecule has 0 aromatic rings. The van der Waals surface area contributed by atoms with Crippen LogP contribution in [0.1, 0.15) is 84.5 Å². The van der Waals surface area contributed by atoms with Crippen molar-refractivity contribution in [2.24, 2.45) is 5.92 Å². The van der Waals surface area contributed by atoms with Crippen LogP contribution in [0.15, 0.2) is 0 Å². The highest BCUT2D eigenvalue weighted by Gasteiger charge is 2.34. The Morgan fingerprint density at radius 2 is 1.68 bits per heavy atom. The van der Waals surface area contributed by atoms with Crippen molar-refractivity contribution in [1.82, 2.24) is 0 Å². The maximum atomic E-state index is 6.28. The molecule has 19 heavy (non-hydrogen) atoms. The summed E-state index contributed by atoms with van der Waals surface area (Å²) < 4.78 is 6.28. The summed E-state index contributed by atoms with van der Waals surface area (Å²) in [5, 5.41) is 1.02. The molecule has 1 rings (SSSR count). The third-order valence-corrected chi connectivity index (χ3v) is 5.63. The number of alkyl halides is 1. The summed E-state index contributed by atoms with van der Waals surface area (Å²) in [6.07, 6.45) is 14.7. The molecule has 0 aliphatic heterocycles. The van der Waals surface area contributed by atoms with Gasteiger partial charge in [0.05, 0.1) is 5.60 Å². The van der Waals surface area contributed by atoms with Crippen LogP contribution in [-0.2, 0) is 4.74 Å². The van der Waals surface area contributed by atoms with Crippen molar-refractivity contribution in [2.75, 3.05) is 11.9 Å². The van der Waals surface area contributed by atoms with E-state index in [4.69, 9.17) is 4.74 Å². The smallest absolute Gasteiger partial charge is 0.0779 e. The molecule has 1 fully saturated rings. The fourth-order valence-corrected chi connectivity index (χ4v) is 3.93. The molecule has 0 N–H and O–H groups in total. The van der Waals surface area contributed by atoms with Crippen LogP contribution in [0.25, 0.3) is 0 Å². The van der Waals surface area contributed by atoms with Gasteiger partial charge in [-0.05, 0) is 38.0 Å². The van der Waals surface area contributed by atoms with Crippen molar-refractivity contribution in [1.29, 1.82) is 0 Å². The van der Waals surface area contributed by atoms with Crippen LogP contribution < -0.4 is 0 Å². The van der Waals surface area contributed by atoms with Crippen molar-refractivity contribution in [2.45, 2.75) is 90.1 Å². The molecule has 2 heteroatoms. The summed E-state index contributed by atoms with van der Waals surface area (Å²) in [5.74, 6) is 0.963. The number of hydrogen-bond acceptors (Lipinski definition) is 1. The van der Waals surface area contributed by atoms with E-state index in [0.29, 0.717) is 0 Å². The molecule has 114 valence electrons. The number of halogens is 1. The number of ether oxygens (including phenoxy) is 1. The van der Waals surface area contributed by atoms with Gasteiger partial charge < -0.3 is 4.74 Å². The second kappa shape index (κ2) is 10.2. The minimum absolute atomic E-state index is 0.162. The molecule has 0 amide bonds. The quantitative estimate of drug-likeness (QED) is 0.347. The van der Waals surface area contributed by atoms with E-state index in [9.17, 15) is 0 Å². The second-order valence-corrected chi connectivity index (χ2v) is 6.87. The largest absolute Gasteiger partial charge is 0.374 e. The highest BCUT2D eigenvalue weighted by atomic mass is 79.9. The van der Waals surface area contributed by atoms with Gasteiger partial charge in [-0.1, -0.05) is 68.3 Å². The van der Waals surface area contributed by atoms with Crippen LogP contribution in [0, 0.1) is 5.92 Å². The Morgan fingerprint density at radius 3 is 2.26 bits per heavy atom. The Balaban J connectivity index is 2.18. The first-order valence-electron chi connectivity index (χ1n) is 8.46. The third kappa shape index (κ3) is 6.62. The number of rotatable bonds is 10. The van der Waals surface area contributed by atoms with Gasteiger partial charge in [-0.15, -0.1) is 0 Å². The fraction of sp³-hybridized carbons (Fsp3) is 1.00. The first-order valence-corrected chi connectivity index (χ1v) is 9.58. The van der Waals surface area contributed by atoms with Gasteiger partial charge in [0.1, 0.15) is 0 Å². The molecule has 1 aliphatic carbocycles. The van der Waals surface area contributed by atoms with E-state index in [-0.39, 0.29) is 5.60 Å². The van der Waals surface area contributed by atoms with Crippen molar-refractivity contribution in [3.63, 3.8) is 0 Å². The Hall–Kier alpha value is 0.440. The Kier molecular flexibility index (Phi) is 9.40. The SMILES string of the molecule is CCCCCCCOC1(CBr)CCC(CCC)CC1. The Bertz CT molecular complexity index is 209. The third-order valence-electron chi connectivity index (χ3n) is 4.61. The summed E-state index contributed by atoms with van der Waals surface area (Å²) >= 11 is 3.70. The van der Waals surface area contributed by atoms with Crippen LogP contribution in [0.4, 0.5) is 0 Å². The van der Waals surface area contributed by atoms with Gasteiger partial charge in [0.2, 0.25) is 0 Å². The molecule has 0 spiro atoms. The monoisotopic (exact) mass is 332 g/mol. The summed E-state index contributed by atoms with van der Waals surface area (Å²) in [4.78, 5) is 0. The van der Waals surface area contributed by atoms with E-state index < -0.39 is 0 Å². The van der Waals surface area contributed by atoms with Crippen LogP contribution in [0.5, 0.6) is 0 Å². The predicted molar refractivity (Wildman–Crippen MR) is 88.1 cm³/mol. The van der Waals surface area contributed by atoms with Gasteiger partial charge in [0.15, 0.2) is 0 Å². The van der Waals surface area contributed by atoms with Crippen LogP contribution in [0.2, 0.25) is 0 Å². The summed E-state index contributed by atoms with van der Waals surface area (Å²) in [7, 11) is 0. The summed E-state index contributed by atoms with van der Waals surface area (Å²) in [5.41, 5.74) is 0.162. The zero-order valence-corrected chi connectivity index (χ0v) is 14.6. The Labute approximate surface area is 129 Å². The standard InChI is InChI=1S/C17H33BrO/c1-3-5-6-7-8-14-19-17(15-18)12-10-16(9-4-2)11-13-17/h16H,3-15H2,1-2H3. The van der Waals surface area contributed by atoms with Crippen molar-refractivity contribution < 1.29 is 4.74 Å². The molecule has 1 saturated carbocycles. The van der Waals surface area contributed by atoms with E-state index in [0.717, 1.165) is 17.9 Å². The maximum Gasteiger partial charge on any atom is 0.0779 e. The minimum atomic E-state index is 0.162. The van der Waals surface area contributed by atoms with E-state index in [2.05, 4.69) is 29.8 Å². The lowest BCUT2D eigenvalue weighted by atomic mass is 9.78. The first-order chi connectivity index (χ1) is 9.26. The van der Waals surface area contributed by atoms with Gasteiger partial charge >= 0.3 is 0 Å². The molecular weight excluding hydrogens is 300 g/mol. The van der Waals surface area contributed by atoms with Crippen LogP contribution in [0.3, 0.4) is 0 Å². The predicted octanol–water partition coefficient (Wildman–Crippen LogP) is 6.10. The molecule has 0 aromatic carbocycles. The highest BCUT2D eigenvalue weighted by molar-refractivity contribution is 9.09. The Morgan fingerprint density at radius 1 is 1.00 bits per heavy atom. The zero-order valence-electron chi connectivity index (χ0n) is 13.1. The molecule has 1 aliphatic rings. The van der Waals surface area contributed by atoms with E-state index in [1.54, 1.807) is 0 Å². The van der Waals surface area contributed by atoms with E-state index in [1.807, 2.05) is 0 Å².